The number of carbonyl (C=O) groups is 1. The first kappa shape index (κ1) is 13.8. The summed E-state index contributed by atoms with van der Waals surface area (Å²) in [6, 6.07) is 11.8. The molecule has 1 aromatic heterocycles. The Morgan fingerprint density at radius 1 is 1.19 bits per heavy atom. The molecule has 3 rings (SSSR count). The van der Waals surface area contributed by atoms with Gasteiger partial charge >= 0.3 is 0 Å². The van der Waals surface area contributed by atoms with E-state index >= 15 is 0 Å². The Kier molecular flexibility index (Phi) is 4.00. The highest BCUT2D eigenvalue weighted by Gasteiger charge is 2.29. The van der Waals surface area contributed by atoms with E-state index in [4.69, 9.17) is 0 Å². The van der Waals surface area contributed by atoms with Crippen molar-refractivity contribution in [2.24, 2.45) is 0 Å². The van der Waals surface area contributed by atoms with Crippen LogP contribution in [0, 0.1) is 6.92 Å². The largest absolute Gasteiger partial charge is 0.332 e. The predicted octanol–water partition coefficient (Wildman–Crippen LogP) is 3.76. The second kappa shape index (κ2) is 6.08. The summed E-state index contributed by atoms with van der Waals surface area (Å²) in [7, 11) is 0. The molecule has 3 nitrogen and oxygen atoms in total. The van der Waals surface area contributed by atoms with Gasteiger partial charge in [-0.25, -0.2) is 0 Å². The van der Waals surface area contributed by atoms with Crippen LogP contribution in [0.1, 0.15) is 46.8 Å². The van der Waals surface area contributed by atoms with Crippen molar-refractivity contribution < 1.29 is 4.79 Å². The molecule has 1 atom stereocenters. The molecule has 1 aliphatic rings. The molecule has 3 heteroatoms. The minimum absolute atomic E-state index is 0.136. The van der Waals surface area contributed by atoms with Gasteiger partial charge in [0.2, 0.25) is 0 Å². The lowest BCUT2D eigenvalue weighted by Gasteiger charge is -2.36. The molecule has 0 N–H and O–H groups in total. The summed E-state index contributed by atoms with van der Waals surface area (Å²) in [5.41, 5.74) is 3.17. The molecule has 2 heterocycles. The summed E-state index contributed by atoms with van der Waals surface area (Å²) in [6.45, 7) is 2.91. The quantitative estimate of drug-likeness (QED) is 0.839. The fourth-order valence-electron chi connectivity index (χ4n) is 3.10. The zero-order valence-corrected chi connectivity index (χ0v) is 12.3. The lowest BCUT2D eigenvalue weighted by molar-refractivity contribution is 0.0611. The van der Waals surface area contributed by atoms with Crippen molar-refractivity contribution >= 4 is 5.91 Å². The van der Waals surface area contributed by atoms with E-state index in [0.29, 0.717) is 0 Å². The maximum atomic E-state index is 12.8. The van der Waals surface area contributed by atoms with E-state index in [9.17, 15) is 4.79 Å². The van der Waals surface area contributed by atoms with Crippen LogP contribution >= 0.6 is 0 Å². The molecular weight excluding hydrogens is 260 g/mol. The van der Waals surface area contributed by atoms with Gasteiger partial charge in [-0.3, -0.25) is 9.78 Å². The smallest absolute Gasteiger partial charge is 0.254 e. The SMILES string of the molecule is Cc1cnccc1[C@@H]1CCCCN1C(=O)c1ccccc1. The molecule has 0 spiro atoms. The highest BCUT2D eigenvalue weighted by molar-refractivity contribution is 5.94. The molecule has 1 aliphatic heterocycles. The highest BCUT2D eigenvalue weighted by atomic mass is 16.2. The van der Waals surface area contributed by atoms with Crippen LogP contribution in [0.5, 0.6) is 0 Å². The van der Waals surface area contributed by atoms with Gasteiger partial charge in [0, 0.05) is 24.5 Å². The molecule has 1 amide bonds. The third kappa shape index (κ3) is 2.82. The first-order chi connectivity index (χ1) is 10.3. The van der Waals surface area contributed by atoms with Gasteiger partial charge in [0.25, 0.3) is 5.91 Å². The summed E-state index contributed by atoms with van der Waals surface area (Å²) < 4.78 is 0. The molecule has 0 saturated carbocycles. The van der Waals surface area contributed by atoms with Crippen LogP contribution < -0.4 is 0 Å². The number of nitrogens with zero attached hydrogens (tertiary/aromatic N) is 2. The predicted molar refractivity (Wildman–Crippen MR) is 83.0 cm³/mol. The first-order valence-electron chi connectivity index (χ1n) is 7.54. The fourth-order valence-corrected chi connectivity index (χ4v) is 3.10. The number of aryl methyl sites for hydroxylation is 1. The van der Waals surface area contributed by atoms with E-state index in [2.05, 4.69) is 18.0 Å². The van der Waals surface area contributed by atoms with Crippen LogP contribution in [0.15, 0.2) is 48.8 Å². The minimum atomic E-state index is 0.136. The van der Waals surface area contributed by atoms with E-state index in [-0.39, 0.29) is 11.9 Å². The van der Waals surface area contributed by atoms with Gasteiger partial charge in [-0.15, -0.1) is 0 Å². The van der Waals surface area contributed by atoms with E-state index in [1.54, 1.807) is 0 Å². The van der Waals surface area contributed by atoms with Gasteiger partial charge in [-0.1, -0.05) is 18.2 Å². The Morgan fingerprint density at radius 2 is 2.00 bits per heavy atom. The first-order valence-corrected chi connectivity index (χ1v) is 7.54. The van der Waals surface area contributed by atoms with Crippen LogP contribution in [-0.4, -0.2) is 22.3 Å². The Hall–Kier alpha value is -2.16. The van der Waals surface area contributed by atoms with Crippen LogP contribution in [0.2, 0.25) is 0 Å². The molecule has 1 saturated heterocycles. The lowest BCUT2D eigenvalue weighted by Crippen LogP contribution is -2.38. The molecular formula is C18H20N2O. The van der Waals surface area contributed by atoms with E-state index in [1.165, 1.54) is 12.0 Å². The molecule has 0 unspecified atom stereocenters. The zero-order valence-electron chi connectivity index (χ0n) is 12.3. The minimum Gasteiger partial charge on any atom is -0.332 e. The summed E-state index contributed by atoms with van der Waals surface area (Å²) >= 11 is 0. The maximum absolute atomic E-state index is 12.8. The fraction of sp³-hybridized carbons (Fsp3) is 0.333. The van der Waals surface area contributed by atoms with Gasteiger partial charge in [0.15, 0.2) is 0 Å². The number of piperidine rings is 1. The zero-order chi connectivity index (χ0) is 14.7. The van der Waals surface area contributed by atoms with E-state index in [1.807, 2.05) is 47.6 Å². The normalized spacial score (nSPS) is 18.5. The van der Waals surface area contributed by atoms with Crippen molar-refractivity contribution in [1.82, 2.24) is 9.88 Å². The maximum Gasteiger partial charge on any atom is 0.254 e. The molecule has 108 valence electrons. The number of rotatable bonds is 2. The van der Waals surface area contributed by atoms with Gasteiger partial charge in [0.05, 0.1) is 6.04 Å². The average Bonchev–Trinajstić information content (AvgIpc) is 2.55. The van der Waals surface area contributed by atoms with Crippen molar-refractivity contribution in [3.63, 3.8) is 0 Å². The second-order valence-corrected chi connectivity index (χ2v) is 5.61. The van der Waals surface area contributed by atoms with E-state index < -0.39 is 0 Å². The Balaban J connectivity index is 1.92. The molecule has 0 bridgehead atoms. The number of amides is 1. The third-order valence-electron chi connectivity index (χ3n) is 4.21. The number of aromatic nitrogens is 1. The van der Waals surface area contributed by atoms with Crippen molar-refractivity contribution in [1.29, 1.82) is 0 Å². The number of carbonyl (C=O) groups excluding carboxylic acids is 1. The van der Waals surface area contributed by atoms with Gasteiger partial charge in [0.1, 0.15) is 0 Å². The summed E-state index contributed by atoms with van der Waals surface area (Å²) in [5.74, 6) is 0.136. The third-order valence-corrected chi connectivity index (χ3v) is 4.21. The second-order valence-electron chi connectivity index (χ2n) is 5.61. The monoisotopic (exact) mass is 280 g/mol. The number of benzene rings is 1. The number of pyridine rings is 1. The standard InChI is InChI=1S/C18H20N2O/c1-14-13-19-11-10-16(14)17-9-5-6-12-20(17)18(21)15-7-3-2-4-8-15/h2-4,7-8,10-11,13,17H,5-6,9,12H2,1H3/t17-/m0/s1. The van der Waals surface area contributed by atoms with Crippen LogP contribution in [-0.2, 0) is 0 Å². The van der Waals surface area contributed by atoms with Gasteiger partial charge in [-0.05, 0) is 55.5 Å². The number of hydrogen-bond acceptors (Lipinski definition) is 2. The summed E-state index contributed by atoms with van der Waals surface area (Å²) in [5, 5.41) is 0. The van der Waals surface area contributed by atoms with Crippen LogP contribution in [0.3, 0.4) is 0 Å². The molecule has 2 aromatic rings. The molecule has 1 fully saturated rings. The number of likely N-dealkylation sites (tertiary alicyclic amines) is 1. The number of hydrogen-bond donors (Lipinski definition) is 0. The topological polar surface area (TPSA) is 33.2 Å². The molecule has 0 radical (unpaired) electrons. The highest BCUT2D eigenvalue weighted by Crippen LogP contribution is 2.33. The summed E-state index contributed by atoms with van der Waals surface area (Å²) in [6.07, 6.45) is 6.99. The van der Waals surface area contributed by atoms with Crippen molar-refractivity contribution in [3.8, 4) is 0 Å². The average molecular weight is 280 g/mol. The lowest BCUT2D eigenvalue weighted by atomic mass is 9.92. The Labute approximate surface area is 125 Å². The Bertz CT molecular complexity index is 624. The van der Waals surface area contributed by atoms with E-state index in [0.717, 1.165) is 30.5 Å². The van der Waals surface area contributed by atoms with Gasteiger partial charge in [-0.2, -0.15) is 0 Å². The van der Waals surface area contributed by atoms with Crippen LogP contribution in [0.4, 0.5) is 0 Å². The van der Waals surface area contributed by atoms with Gasteiger partial charge < -0.3 is 4.90 Å². The van der Waals surface area contributed by atoms with Crippen LogP contribution in [0.25, 0.3) is 0 Å². The van der Waals surface area contributed by atoms with Crippen molar-refractivity contribution in [2.45, 2.75) is 32.2 Å². The molecule has 21 heavy (non-hydrogen) atoms. The Morgan fingerprint density at radius 3 is 2.76 bits per heavy atom. The molecule has 0 aliphatic carbocycles. The van der Waals surface area contributed by atoms with Crippen molar-refractivity contribution in [2.75, 3.05) is 6.54 Å². The summed E-state index contributed by atoms with van der Waals surface area (Å²) in [4.78, 5) is 19.0. The molecule has 1 aromatic carbocycles. The van der Waals surface area contributed by atoms with Crippen molar-refractivity contribution in [3.05, 3.63) is 65.5 Å².